The van der Waals surface area contributed by atoms with Crippen molar-refractivity contribution in [2.45, 2.75) is 25.8 Å². The van der Waals surface area contributed by atoms with Gasteiger partial charge < -0.3 is 25.0 Å². The monoisotopic (exact) mass is 521 g/mol. The van der Waals surface area contributed by atoms with Crippen LogP contribution in [0.5, 0.6) is 5.75 Å². The summed E-state index contributed by atoms with van der Waals surface area (Å²) in [6.45, 7) is 1.88. The predicted octanol–water partition coefficient (Wildman–Crippen LogP) is 4.36. The van der Waals surface area contributed by atoms with Crippen molar-refractivity contribution in [2.75, 3.05) is 26.7 Å². The maximum atomic E-state index is 13.6. The fraction of sp³-hybridized carbons (Fsp3) is 0.320. The number of hydrogen-bond donors (Lipinski definition) is 2. The topological polar surface area (TPSA) is 99.2 Å². The van der Waals surface area contributed by atoms with Crippen LogP contribution in [0, 0.1) is 11.6 Å². The van der Waals surface area contributed by atoms with Crippen molar-refractivity contribution in [1.82, 2.24) is 15.1 Å². The average molecular weight is 522 g/mol. The van der Waals surface area contributed by atoms with Crippen LogP contribution in [0.15, 0.2) is 53.7 Å². The number of carbonyl (C=O) groups excluding carboxylic acids is 2. The molecule has 0 fully saturated rings. The minimum atomic E-state index is -1.16. The van der Waals surface area contributed by atoms with Crippen LogP contribution < -0.4 is 10.1 Å². The molecule has 8 nitrogen and oxygen atoms in total. The second kappa shape index (κ2) is 11.9. The van der Waals surface area contributed by atoms with Crippen LogP contribution in [0.2, 0.25) is 5.02 Å². The van der Waals surface area contributed by atoms with Gasteiger partial charge in [-0.05, 0) is 43.2 Å². The van der Waals surface area contributed by atoms with E-state index in [0.717, 1.165) is 12.1 Å². The molecule has 0 bridgehead atoms. The van der Waals surface area contributed by atoms with E-state index in [4.69, 9.17) is 16.3 Å². The number of carboxylic acids is 1. The summed E-state index contributed by atoms with van der Waals surface area (Å²) < 4.78 is 31.8. The molecule has 0 aromatic heterocycles. The Labute approximate surface area is 212 Å². The van der Waals surface area contributed by atoms with Crippen LogP contribution in [-0.4, -0.2) is 59.6 Å². The maximum Gasteiger partial charge on any atom is 0.335 e. The summed E-state index contributed by atoms with van der Waals surface area (Å²) in [6.07, 6.45) is 0.333. The largest absolute Gasteiger partial charge is 0.490 e. The Balaban J connectivity index is 1.60. The van der Waals surface area contributed by atoms with E-state index in [1.165, 1.54) is 16.7 Å². The molecule has 2 aromatic carbocycles. The summed E-state index contributed by atoms with van der Waals surface area (Å²) in [4.78, 5) is 40.1. The minimum absolute atomic E-state index is 0.0338. The van der Waals surface area contributed by atoms with Gasteiger partial charge in [-0.2, -0.15) is 0 Å². The number of halogens is 3. The highest BCUT2D eigenvalue weighted by Gasteiger charge is 2.37. The molecule has 1 aliphatic heterocycles. The standard InChI is InChI=1S/C25H26ClF2N3O5/c1-15-22(24(33)34)23(16-5-3-6-17(26)13-16)31(25(35)29-15)11-4-10-30(2)21(32)9-12-36-20-8-7-18(27)14-19(20)28/h3,5-8,13-14,23H,4,9-12H2,1-2H3,(H,29,35)(H,33,34). The Morgan fingerprint density at radius 2 is 1.97 bits per heavy atom. The Hall–Kier alpha value is -3.66. The van der Waals surface area contributed by atoms with Crippen molar-refractivity contribution in [3.05, 3.63) is 76.0 Å². The van der Waals surface area contributed by atoms with Crippen molar-refractivity contribution >= 4 is 29.5 Å². The summed E-state index contributed by atoms with van der Waals surface area (Å²) in [5.74, 6) is -3.15. The van der Waals surface area contributed by atoms with Crippen LogP contribution in [0.25, 0.3) is 0 Å². The quantitative estimate of drug-likeness (QED) is 0.484. The normalized spacial score (nSPS) is 15.5. The van der Waals surface area contributed by atoms with Crippen LogP contribution in [-0.2, 0) is 9.59 Å². The second-order valence-electron chi connectivity index (χ2n) is 8.27. The third-order valence-electron chi connectivity index (χ3n) is 5.72. The zero-order valence-corrected chi connectivity index (χ0v) is 20.5. The van der Waals surface area contributed by atoms with Gasteiger partial charge in [-0.15, -0.1) is 0 Å². The average Bonchev–Trinajstić information content (AvgIpc) is 2.80. The van der Waals surface area contributed by atoms with Crippen molar-refractivity contribution in [1.29, 1.82) is 0 Å². The zero-order chi connectivity index (χ0) is 26.4. The summed E-state index contributed by atoms with van der Waals surface area (Å²) in [5, 5.41) is 12.8. The molecule has 0 spiro atoms. The van der Waals surface area contributed by atoms with Crippen molar-refractivity contribution in [3.8, 4) is 5.75 Å². The van der Waals surface area contributed by atoms with E-state index < -0.39 is 29.7 Å². The van der Waals surface area contributed by atoms with Crippen LogP contribution in [0.1, 0.15) is 31.4 Å². The molecule has 2 aromatic rings. The first-order valence-corrected chi connectivity index (χ1v) is 11.5. The van der Waals surface area contributed by atoms with E-state index in [1.807, 2.05) is 0 Å². The van der Waals surface area contributed by atoms with Gasteiger partial charge in [-0.3, -0.25) is 4.79 Å². The lowest BCUT2D eigenvalue weighted by Crippen LogP contribution is -2.49. The molecular weight excluding hydrogens is 496 g/mol. The van der Waals surface area contributed by atoms with Crippen LogP contribution in [0.4, 0.5) is 13.6 Å². The Morgan fingerprint density at radius 3 is 2.64 bits per heavy atom. The highest BCUT2D eigenvalue weighted by molar-refractivity contribution is 6.30. The van der Waals surface area contributed by atoms with Gasteiger partial charge in [0.25, 0.3) is 0 Å². The predicted molar refractivity (Wildman–Crippen MR) is 128 cm³/mol. The summed E-state index contributed by atoms with van der Waals surface area (Å²) >= 11 is 6.11. The van der Waals surface area contributed by atoms with E-state index in [2.05, 4.69) is 5.32 Å². The van der Waals surface area contributed by atoms with Crippen LogP contribution in [0.3, 0.4) is 0 Å². The molecule has 3 rings (SSSR count). The van der Waals surface area contributed by atoms with Gasteiger partial charge in [-0.1, -0.05) is 23.7 Å². The number of amides is 3. The Morgan fingerprint density at radius 1 is 1.22 bits per heavy atom. The fourth-order valence-corrected chi connectivity index (χ4v) is 4.14. The molecule has 1 atom stereocenters. The van der Waals surface area contributed by atoms with E-state index in [9.17, 15) is 28.3 Å². The number of nitrogens with zero attached hydrogens (tertiary/aromatic N) is 2. The molecule has 2 N–H and O–H groups in total. The number of nitrogens with one attached hydrogen (secondary N) is 1. The molecule has 0 radical (unpaired) electrons. The van der Waals surface area contributed by atoms with E-state index in [0.29, 0.717) is 23.1 Å². The van der Waals surface area contributed by atoms with E-state index in [-0.39, 0.29) is 49.0 Å². The molecular formula is C25H26ClF2N3O5. The van der Waals surface area contributed by atoms with Gasteiger partial charge in [0.1, 0.15) is 5.82 Å². The number of hydrogen-bond acceptors (Lipinski definition) is 4. The maximum absolute atomic E-state index is 13.6. The number of aliphatic carboxylic acids is 1. The highest BCUT2D eigenvalue weighted by atomic mass is 35.5. The minimum Gasteiger partial charge on any atom is -0.490 e. The molecule has 11 heteroatoms. The molecule has 1 heterocycles. The number of carbonyl (C=O) groups is 3. The van der Waals surface area contributed by atoms with Gasteiger partial charge in [0.2, 0.25) is 5.91 Å². The number of carboxylic acid groups (broad SMARTS) is 1. The van der Waals surface area contributed by atoms with Crippen molar-refractivity contribution < 1.29 is 33.0 Å². The van der Waals surface area contributed by atoms with E-state index >= 15 is 0 Å². The number of benzene rings is 2. The molecule has 0 saturated heterocycles. The van der Waals surface area contributed by atoms with Crippen LogP contribution >= 0.6 is 11.6 Å². The Bertz CT molecular complexity index is 1190. The number of allylic oxidation sites excluding steroid dienone is 1. The lowest BCUT2D eigenvalue weighted by atomic mass is 9.93. The molecule has 192 valence electrons. The second-order valence-corrected chi connectivity index (χ2v) is 8.70. The van der Waals surface area contributed by atoms with Gasteiger partial charge in [0.05, 0.1) is 24.6 Å². The van der Waals surface area contributed by atoms with Gasteiger partial charge in [-0.25, -0.2) is 18.4 Å². The zero-order valence-electron chi connectivity index (χ0n) is 19.8. The summed E-state index contributed by atoms with van der Waals surface area (Å²) in [7, 11) is 1.58. The summed E-state index contributed by atoms with van der Waals surface area (Å²) in [5.41, 5.74) is 0.841. The fourth-order valence-electron chi connectivity index (χ4n) is 3.94. The molecule has 0 saturated carbocycles. The molecule has 1 unspecified atom stereocenters. The molecule has 36 heavy (non-hydrogen) atoms. The third-order valence-corrected chi connectivity index (χ3v) is 5.96. The first-order valence-electron chi connectivity index (χ1n) is 11.2. The van der Waals surface area contributed by atoms with Gasteiger partial charge in [0.15, 0.2) is 11.6 Å². The lowest BCUT2D eigenvalue weighted by Gasteiger charge is -2.37. The number of urea groups is 1. The van der Waals surface area contributed by atoms with Crippen molar-refractivity contribution in [2.24, 2.45) is 0 Å². The van der Waals surface area contributed by atoms with Gasteiger partial charge in [0, 0.05) is 36.9 Å². The number of rotatable bonds is 10. The van der Waals surface area contributed by atoms with E-state index in [1.54, 1.807) is 31.3 Å². The lowest BCUT2D eigenvalue weighted by molar-refractivity contribution is -0.133. The molecule has 1 aliphatic rings. The highest BCUT2D eigenvalue weighted by Crippen LogP contribution is 2.34. The number of ether oxygens (including phenoxy) is 1. The van der Waals surface area contributed by atoms with Crippen molar-refractivity contribution in [3.63, 3.8) is 0 Å². The summed E-state index contributed by atoms with van der Waals surface area (Å²) in [6, 6.07) is 8.27. The first kappa shape index (κ1) is 26.9. The molecule has 0 aliphatic carbocycles. The van der Waals surface area contributed by atoms with Gasteiger partial charge >= 0.3 is 12.0 Å². The third kappa shape index (κ3) is 6.51. The SMILES string of the molecule is CC1=C(C(=O)O)C(c2cccc(Cl)c2)N(CCCN(C)C(=O)CCOc2ccc(F)cc2F)C(=O)N1. The Kier molecular flexibility index (Phi) is 8.87. The smallest absolute Gasteiger partial charge is 0.335 e. The molecule has 3 amide bonds. The first-order chi connectivity index (χ1) is 17.1.